The molecule has 0 amide bonds. The molecule has 2 heteroatoms. The normalized spacial score (nSPS) is 55.5. The van der Waals surface area contributed by atoms with Gasteiger partial charge in [-0.1, -0.05) is 33.1 Å². The van der Waals surface area contributed by atoms with Crippen molar-refractivity contribution >= 4 is 8.37 Å². The highest BCUT2D eigenvalue weighted by Gasteiger charge is 2.50. The quantitative estimate of drug-likeness (QED) is 0.503. The van der Waals surface area contributed by atoms with Gasteiger partial charge in [0, 0.05) is 14.0 Å². The number of rotatable bonds is 0. The molecular weight excluding hydrogens is 261 g/mol. The topological polar surface area (TPSA) is 12.4 Å². The third-order valence-electron chi connectivity index (χ3n) is 7.15. The number of hydrogen-bond acceptors (Lipinski definition) is 1. The van der Waals surface area contributed by atoms with Gasteiger partial charge in [-0.15, -0.1) is 0 Å². The summed E-state index contributed by atoms with van der Waals surface area (Å²) >= 11 is 0. The Balaban J connectivity index is 1.63. The average Bonchev–Trinajstić information content (AvgIpc) is 2.47. The molecule has 1 heterocycles. The molecule has 0 spiro atoms. The first kappa shape index (κ1) is 13.7. The zero-order valence-electron chi connectivity index (χ0n) is 13.2. The van der Waals surface area contributed by atoms with Crippen molar-refractivity contribution in [2.24, 2.45) is 40.3 Å². The Kier molecular flexibility index (Phi) is 3.70. The first-order chi connectivity index (χ1) is 9.74. The fraction of sp³-hybridized carbons (Fsp3) is 1.00. The maximum absolute atomic E-state index is 5.18. The van der Waals surface area contributed by atoms with Crippen molar-refractivity contribution in [1.82, 2.24) is 0 Å². The zero-order chi connectivity index (χ0) is 13.7. The average molecular weight is 291 g/mol. The summed E-state index contributed by atoms with van der Waals surface area (Å²) in [6.45, 7) is 4.99. The maximum atomic E-state index is 5.18. The molecule has 8 unspecified atom stereocenters. The summed E-state index contributed by atoms with van der Waals surface area (Å²) in [5.41, 5.74) is 0.927. The Morgan fingerprint density at radius 2 is 1.65 bits per heavy atom. The van der Waals surface area contributed by atoms with Crippen molar-refractivity contribution in [1.29, 1.82) is 0 Å². The smallest absolute Gasteiger partial charge is 0.0579 e. The van der Waals surface area contributed by atoms with Gasteiger partial charge in [-0.2, -0.15) is 0 Å². The van der Waals surface area contributed by atoms with Gasteiger partial charge in [0.05, 0.1) is 6.04 Å². The molecule has 0 bridgehead atoms. The van der Waals surface area contributed by atoms with Gasteiger partial charge in [0.15, 0.2) is 0 Å². The maximum Gasteiger partial charge on any atom is 0.0579 e. The molecular formula is C18H30NP. The van der Waals surface area contributed by atoms with Gasteiger partial charge < -0.3 is 0 Å². The molecule has 0 aromatic carbocycles. The van der Waals surface area contributed by atoms with Crippen LogP contribution >= 0.6 is 8.37 Å². The van der Waals surface area contributed by atoms with Gasteiger partial charge in [-0.05, 0) is 67.6 Å². The SMILES string of the molecule is CC1CCC2C(C1)P=NC1CC(C)C3CCCCC3C12. The second-order valence-corrected chi connectivity index (χ2v) is 9.48. The van der Waals surface area contributed by atoms with Gasteiger partial charge in [0.1, 0.15) is 0 Å². The number of hydrogen-bond donors (Lipinski definition) is 0. The van der Waals surface area contributed by atoms with Gasteiger partial charge in [0.25, 0.3) is 0 Å². The summed E-state index contributed by atoms with van der Waals surface area (Å²) in [5, 5.41) is 0. The Morgan fingerprint density at radius 1 is 0.850 bits per heavy atom. The largest absolute Gasteiger partial charge is 0.265 e. The molecule has 3 saturated carbocycles. The lowest BCUT2D eigenvalue weighted by Crippen LogP contribution is -2.50. The third-order valence-corrected chi connectivity index (χ3v) is 8.47. The van der Waals surface area contributed by atoms with Gasteiger partial charge in [0.2, 0.25) is 0 Å². The predicted octanol–water partition coefficient (Wildman–Crippen LogP) is 5.77. The summed E-state index contributed by atoms with van der Waals surface area (Å²) in [6, 6.07) is 0.737. The predicted molar refractivity (Wildman–Crippen MR) is 86.1 cm³/mol. The van der Waals surface area contributed by atoms with Crippen LogP contribution in [0.3, 0.4) is 0 Å². The summed E-state index contributed by atoms with van der Waals surface area (Å²) in [5.74, 6) is 6.01. The number of fused-ring (bicyclic) bond motifs is 5. The van der Waals surface area contributed by atoms with E-state index in [2.05, 4.69) is 13.8 Å². The molecule has 0 radical (unpaired) electrons. The Morgan fingerprint density at radius 3 is 2.50 bits per heavy atom. The fourth-order valence-electron chi connectivity index (χ4n) is 6.23. The first-order valence-corrected chi connectivity index (χ1v) is 10.1. The standard InChI is InChI=1S/C18H30NP/c1-11-7-8-15-17(9-11)20-19-16-10-12(2)13-5-3-4-6-14(13)18(15)16/h11-18H,3-10H2,1-2H3. The third kappa shape index (κ3) is 2.20. The highest BCUT2D eigenvalue weighted by atomic mass is 31.1. The Bertz CT molecular complexity index is 393. The molecule has 3 aliphatic carbocycles. The van der Waals surface area contributed by atoms with E-state index in [0.29, 0.717) is 0 Å². The van der Waals surface area contributed by atoms with Crippen LogP contribution < -0.4 is 0 Å². The Hall–Kier alpha value is 0.100. The van der Waals surface area contributed by atoms with E-state index in [-0.39, 0.29) is 0 Å². The molecule has 0 N–H and O–H groups in total. The summed E-state index contributed by atoms with van der Waals surface area (Å²) in [7, 11) is 1.47. The molecule has 0 aromatic heterocycles. The van der Waals surface area contributed by atoms with Crippen LogP contribution in [0.15, 0.2) is 4.74 Å². The minimum atomic E-state index is 0.737. The van der Waals surface area contributed by atoms with Crippen molar-refractivity contribution in [3.8, 4) is 0 Å². The summed E-state index contributed by atoms with van der Waals surface area (Å²) < 4.78 is 5.18. The monoisotopic (exact) mass is 291 g/mol. The zero-order valence-corrected chi connectivity index (χ0v) is 14.1. The molecule has 0 saturated heterocycles. The number of nitrogens with zero attached hydrogens (tertiary/aromatic N) is 1. The lowest BCUT2D eigenvalue weighted by atomic mass is 9.55. The molecule has 8 atom stereocenters. The van der Waals surface area contributed by atoms with E-state index >= 15 is 0 Å². The van der Waals surface area contributed by atoms with Crippen LogP contribution in [0, 0.1) is 35.5 Å². The van der Waals surface area contributed by atoms with Crippen LogP contribution in [0.25, 0.3) is 0 Å². The molecule has 112 valence electrons. The fourth-order valence-corrected chi connectivity index (χ4v) is 7.79. The molecule has 4 aliphatic rings. The van der Waals surface area contributed by atoms with E-state index in [0.717, 1.165) is 47.2 Å². The second-order valence-electron chi connectivity index (χ2n) is 8.35. The van der Waals surface area contributed by atoms with Crippen molar-refractivity contribution in [3.05, 3.63) is 0 Å². The van der Waals surface area contributed by atoms with E-state index in [1.54, 1.807) is 0 Å². The van der Waals surface area contributed by atoms with E-state index < -0.39 is 0 Å². The highest BCUT2D eigenvalue weighted by Crippen LogP contribution is 2.57. The van der Waals surface area contributed by atoms with Crippen LogP contribution in [0.2, 0.25) is 0 Å². The van der Waals surface area contributed by atoms with Crippen LogP contribution in [-0.4, -0.2) is 11.7 Å². The first-order valence-electron chi connectivity index (χ1n) is 9.14. The van der Waals surface area contributed by atoms with E-state index in [1.807, 2.05) is 0 Å². The molecule has 20 heavy (non-hydrogen) atoms. The summed E-state index contributed by atoms with van der Waals surface area (Å²) in [6.07, 6.45) is 12.0. The molecule has 4 rings (SSSR count). The lowest BCUT2D eigenvalue weighted by Gasteiger charge is -2.54. The molecule has 0 aromatic rings. The van der Waals surface area contributed by atoms with Crippen molar-refractivity contribution in [3.63, 3.8) is 0 Å². The van der Waals surface area contributed by atoms with Crippen LogP contribution in [0.5, 0.6) is 0 Å². The second kappa shape index (κ2) is 5.38. The molecule has 1 aliphatic heterocycles. The van der Waals surface area contributed by atoms with Crippen LogP contribution in [0.1, 0.15) is 65.2 Å². The molecule has 1 nitrogen and oxygen atoms in total. The van der Waals surface area contributed by atoms with Crippen molar-refractivity contribution < 1.29 is 0 Å². The van der Waals surface area contributed by atoms with Crippen LogP contribution in [0.4, 0.5) is 0 Å². The molecule has 3 fully saturated rings. The van der Waals surface area contributed by atoms with Crippen molar-refractivity contribution in [2.75, 3.05) is 0 Å². The highest BCUT2D eigenvalue weighted by molar-refractivity contribution is 7.27. The lowest BCUT2D eigenvalue weighted by molar-refractivity contribution is -0.00157. The van der Waals surface area contributed by atoms with Crippen LogP contribution in [-0.2, 0) is 0 Å². The van der Waals surface area contributed by atoms with Gasteiger partial charge in [-0.3, -0.25) is 4.74 Å². The van der Waals surface area contributed by atoms with Gasteiger partial charge in [-0.25, -0.2) is 0 Å². The Labute approximate surface area is 126 Å². The van der Waals surface area contributed by atoms with E-state index in [1.165, 1.54) is 59.7 Å². The van der Waals surface area contributed by atoms with Crippen molar-refractivity contribution in [2.45, 2.75) is 76.9 Å². The van der Waals surface area contributed by atoms with E-state index in [4.69, 9.17) is 4.74 Å². The van der Waals surface area contributed by atoms with E-state index in [9.17, 15) is 0 Å². The minimum absolute atomic E-state index is 0.737. The minimum Gasteiger partial charge on any atom is -0.265 e. The van der Waals surface area contributed by atoms with Gasteiger partial charge >= 0.3 is 0 Å². The summed E-state index contributed by atoms with van der Waals surface area (Å²) in [4.78, 5) is 0.